The SMILES string of the molecule is CCN1CCC(C(C)(C)C(C)(C)C(C)C)CC1. The van der Waals surface area contributed by atoms with Crippen LogP contribution in [0.25, 0.3) is 0 Å². The Bertz CT molecular complexity index is 232. The van der Waals surface area contributed by atoms with Crippen molar-refractivity contribution in [1.82, 2.24) is 4.90 Å². The van der Waals surface area contributed by atoms with Gasteiger partial charge in [0.1, 0.15) is 0 Å². The molecule has 0 aromatic carbocycles. The van der Waals surface area contributed by atoms with Gasteiger partial charge >= 0.3 is 0 Å². The van der Waals surface area contributed by atoms with E-state index in [2.05, 4.69) is 53.4 Å². The van der Waals surface area contributed by atoms with Crippen LogP contribution in [0, 0.1) is 22.7 Å². The molecule has 102 valence electrons. The van der Waals surface area contributed by atoms with Gasteiger partial charge in [0.2, 0.25) is 0 Å². The van der Waals surface area contributed by atoms with E-state index in [-0.39, 0.29) is 0 Å². The Hall–Kier alpha value is -0.0400. The van der Waals surface area contributed by atoms with E-state index in [0.717, 1.165) is 11.8 Å². The maximum absolute atomic E-state index is 2.59. The molecule has 1 heterocycles. The van der Waals surface area contributed by atoms with Crippen LogP contribution < -0.4 is 0 Å². The van der Waals surface area contributed by atoms with Crippen LogP contribution in [0.3, 0.4) is 0 Å². The van der Waals surface area contributed by atoms with E-state index in [1.54, 1.807) is 0 Å². The average Bonchev–Trinajstić information content (AvgIpc) is 2.28. The predicted molar refractivity (Wildman–Crippen MR) is 77.2 cm³/mol. The molecular weight excluding hydrogens is 206 g/mol. The van der Waals surface area contributed by atoms with Gasteiger partial charge in [-0.3, -0.25) is 0 Å². The van der Waals surface area contributed by atoms with Crippen LogP contribution in [-0.2, 0) is 0 Å². The first-order valence-electron chi connectivity index (χ1n) is 7.45. The Labute approximate surface area is 109 Å². The Morgan fingerprint density at radius 2 is 1.53 bits per heavy atom. The van der Waals surface area contributed by atoms with Crippen LogP contribution in [-0.4, -0.2) is 24.5 Å². The summed E-state index contributed by atoms with van der Waals surface area (Å²) in [7, 11) is 0. The molecule has 0 amide bonds. The summed E-state index contributed by atoms with van der Waals surface area (Å²) >= 11 is 0. The van der Waals surface area contributed by atoms with E-state index < -0.39 is 0 Å². The smallest absolute Gasteiger partial charge is 0.00160 e. The molecule has 0 atom stereocenters. The maximum atomic E-state index is 2.59. The van der Waals surface area contributed by atoms with Crippen molar-refractivity contribution in [3.05, 3.63) is 0 Å². The van der Waals surface area contributed by atoms with Gasteiger partial charge in [0.05, 0.1) is 0 Å². The van der Waals surface area contributed by atoms with E-state index >= 15 is 0 Å². The van der Waals surface area contributed by atoms with Crippen molar-refractivity contribution in [2.75, 3.05) is 19.6 Å². The lowest BCUT2D eigenvalue weighted by Gasteiger charge is -2.52. The summed E-state index contributed by atoms with van der Waals surface area (Å²) in [5.41, 5.74) is 0.868. The molecule has 1 fully saturated rings. The molecule has 1 heteroatoms. The van der Waals surface area contributed by atoms with Crippen LogP contribution in [0.5, 0.6) is 0 Å². The first kappa shape index (κ1) is 15.0. The molecule has 1 saturated heterocycles. The van der Waals surface area contributed by atoms with Crippen LogP contribution in [0.15, 0.2) is 0 Å². The van der Waals surface area contributed by atoms with E-state index in [9.17, 15) is 0 Å². The Morgan fingerprint density at radius 3 is 1.88 bits per heavy atom. The summed E-state index contributed by atoms with van der Waals surface area (Å²) in [6.07, 6.45) is 2.77. The van der Waals surface area contributed by atoms with Gasteiger partial charge in [-0.25, -0.2) is 0 Å². The standard InChI is InChI=1S/C16H33N/c1-8-17-11-9-14(10-12-17)16(6,7)15(4,5)13(2)3/h13-14H,8-12H2,1-7H3. The zero-order chi connectivity index (χ0) is 13.3. The summed E-state index contributed by atoms with van der Waals surface area (Å²) in [6.45, 7) is 20.8. The molecule has 0 unspecified atom stereocenters. The van der Waals surface area contributed by atoms with Gasteiger partial charge < -0.3 is 4.90 Å². The Balaban J connectivity index is 2.72. The molecule has 0 aromatic heterocycles. The summed E-state index contributed by atoms with van der Waals surface area (Å²) in [6, 6.07) is 0. The molecule has 1 nitrogen and oxygen atoms in total. The van der Waals surface area contributed by atoms with Gasteiger partial charge in [0, 0.05) is 0 Å². The van der Waals surface area contributed by atoms with E-state index in [0.29, 0.717) is 10.8 Å². The van der Waals surface area contributed by atoms with Crippen molar-refractivity contribution in [3.8, 4) is 0 Å². The van der Waals surface area contributed by atoms with Crippen molar-refractivity contribution in [3.63, 3.8) is 0 Å². The first-order valence-corrected chi connectivity index (χ1v) is 7.45. The normalized spacial score (nSPS) is 21.2. The fraction of sp³-hybridized carbons (Fsp3) is 1.00. The monoisotopic (exact) mass is 239 g/mol. The van der Waals surface area contributed by atoms with Gasteiger partial charge in [0.25, 0.3) is 0 Å². The highest BCUT2D eigenvalue weighted by Crippen LogP contribution is 2.51. The second-order valence-corrected chi connectivity index (χ2v) is 7.31. The zero-order valence-corrected chi connectivity index (χ0v) is 13.1. The second-order valence-electron chi connectivity index (χ2n) is 7.31. The van der Waals surface area contributed by atoms with E-state index in [4.69, 9.17) is 0 Å². The predicted octanol–water partition coefficient (Wildman–Crippen LogP) is 4.43. The van der Waals surface area contributed by atoms with Crippen molar-refractivity contribution < 1.29 is 0 Å². The number of hydrogen-bond acceptors (Lipinski definition) is 1. The average molecular weight is 239 g/mol. The molecule has 0 radical (unpaired) electrons. The van der Waals surface area contributed by atoms with Gasteiger partial charge in [-0.15, -0.1) is 0 Å². The number of nitrogens with zero attached hydrogens (tertiary/aromatic N) is 1. The Morgan fingerprint density at radius 1 is 1.06 bits per heavy atom. The largest absolute Gasteiger partial charge is 0.304 e. The maximum Gasteiger partial charge on any atom is -0.00160 e. The second kappa shape index (κ2) is 5.30. The number of likely N-dealkylation sites (tertiary alicyclic amines) is 1. The van der Waals surface area contributed by atoms with Crippen LogP contribution in [0.4, 0.5) is 0 Å². The van der Waals surface area contributed by atoms with E-state index in [1.807, 2.05) is 0 Å². The lowest BCUT2D eigenvalue weighted by molar-refractivity contribution is -0.0258. The van der Waals surface area contributed by atoms with Gasteiger partial charge in [0.15, 0.2) is 0 Å². The number of rotatable bonds is 4. The minimum absolute atomic E-state index is 0.423. The van der Waals surface area contributed by atoms with Crippen LogP contribution in [0.1, 0.15) is 61.3 Å². The van der Waals surface area contributed by atoms with Gasteiger partial charge in [-0.05, 0) is 55.1 Å². The van der Waals surface area contributed by atoms with Crippen LogP contribution >= 0.6 is 0 Å². The number of piperidine rings is 1. The zero-order valence-electron chi connectivity index (χ0n) is 13.1. The highest BCUT2D eigenvalue weighted by Gasteiger charge is 2.45. The van der Waals surface area contributed by atoms with Crippen molar-refractivity contribution in [1.29, 1.82) is 0 Å². The van der Waals surface area contributed by atoms with Crippen molar-refractivity contribution >= 4 is 0 Å². The van der Waals surface area contributed by atoms with Crippen molar-refractivity contribution in [2.24, 2.45) is 22.7 Å². The summed E-state index contributed by atoms with van der Waals surface area (Å²) in [5, 5.41) is 0. The third-order valence-electron chi connectivity index (χ3n) is 6.16. The highest BCUT2D eigenvalue weighted by molar-refractivity contribution is 4.94. The molecule has 0 spiro atoms. The Kier molecular flexibility index (Phi) is 4.68. The topological polar surface area (TPSA) is 3.24 Å². The molecule has 1 aliphatic heterocycles. The molecule has 0 N–H and O–H groups in total. The fourth-order valence-corrected chi connectivity index (χ4v) is 3.24. The lowest BCUT2D eigenvalue weighted by Crippen LogP contribution is -2.47. The molecule has 0 aromatic rings. The molecule has 1 aliphatic rings. The quantitative estimate of drug-likeness (QED) is 0.701. The van der Waals surface area contributed by atoms with E-state index in [1.165, 1.54) is 32.5 Å². The third kappa shape index (κ3) is 2.86. The molecule has 1 rings (SSSR count). The summed E-state index contributed by atoms with van der Waals surface area (Å²) in [4.78, 5) is 2.59. The molecule has 17 heavy (non-hydrogen) atoms. The fourth-order valence-electron chi connectivity index (χ4n) is 3.24. The van der Waals surface area contributed by atoms with Crippen LogP contribution in [0.2, 0.25) is 0 Å². The minimum Gasteiger partial charge on any atom is -0.304 e. The molecule has 0 saturated carbocycles. The molecular formula is C16H33N. The third-order valence-corrected chi connectivity index (χ3v) is 6.16. The van der Waals surface area contributed by atoms with Gasteiger partial charge in [-0.2, -0.15) is 0 Å². The molecule has 0 aliphatic carbocycles. The summed E-state index contributed by atoms with van der Waals surface area (Å²) < 4.78 is 0. The number of hydrogen-bond donors (Lipinski definition) is 0. The lowest BCUT2D eigenvalue weighted by atomic mass is 9.55. The summed E-state index contributed by atoms with van der Waals surface area (Å²) in [5.74, 6) is 1.64. The first-order chi connectivity index (χ1) is 7.73. The minimum atomic E-state index is 0.423. The highest BCUT2D eigenvalue weighted by atomic mass is 15.1. The van der Waals surface area contributed by atoms with Gasteiger partial charge in [-0.1, -0.05) is 48.5 Å². The van der Waals surface area contributed by atoms with Crippen molar-refractivity contribution in [2.45, 2.75) is 61.3 Å². The molecule has 0 bridgehead atoms.